The van der Waals surface area contributed by atoms with Crippen molar-refractivity contribution < 1.29 is 9.13 Å². The molecule has 2 aromatic rings. The van der Waals surface area contributed by atoms with Crippen LogP contribution in [-0.2, 0) is 6.42 Å². The molecule has 1 heterocycles. The van der Waals surface area contributed by atoms with Crippen LogP contribution in [0.3, 0.4) is 0 Å². The number of rotatable bonds is 2. The fraction of sp³-hybridized carbons (Fsp3) is 0.250. The zero-order valence-electron chi connectivity index (χ0n) is 9.13. The van der Waals surface area contributed by atoms with Crippen LogP contribution in [0.2, 0.25) is 0 Å². The van der Waals surface area contributed by atoms with E-state index < -0.39 is 5.82 Å². The maximum absolute atomic E-state index is 14.0. The molecule has 0 aliphatic carbocycles. The number of pyridine rings is 1. The van der Waals surface area contributed by atoms with Crippen molar-refractivity contribution in [3.05, 3.63) is 40.1 Å². The van der Waals surface area contributed by atoms with Crippen molar-refractivity contribution in [3.8, 4) is 5.75 Å². The van der Waals surface area contributed by atoms with E-state index in [-0.39, 0.29) is 11.3 Å². The van der Waals surface area contributed by atoms with Crippen molar-refractivity contribution in [1.82, 2.24) is 4.98 Å². The van der Waals surface area contributed by atoms with Gasteiger partial charge in [-0.05, 0) is 24.1 Å². The number of ether oxygens (including phenoxy) is 1. The van der Waals surface area contributed by atoms with Gasteiger partial charge in [-0.15, -0.1) is 0 Å². The molecule has 0 amide bonds. The third-order valence-corrected chi connectivity index (χ3v) is 2.65. The second-order valence-corrected chi connectivity index (χ2v) is 3.50. The molecule has 1 aromatic heterocycles. The van der Waals surface area contributed by atoms with Gasteiger partial charge in [0.1, 0.15) is 0 Å². The predicted octanol–water partition coefficient (Wildman–Crippen LogP) is 2.24. The molecule has 0 saturated carbocycles. The maximum Gasteiger partial charge on any atom is 0.255 e. The minimum absolute atomic E-state index is 0.160. The van der Waals surface area contributed by atoms with Gasteiger partial charge >= 0.3 is 0 Å². The highest BCUT2D eigenvalue weighted by Gasteiger charge is 2.12. The van der Waals surface area contributed by atoms with E-state index in [1.807, 2.05) is 6.92 Å². The minimum Gasteiger partial charge on any atom is -0.494 e. The third-order valence-electron chi connectivity index (χ3n) is 2.65. The summed E-state index contributed by atoms with van der Waals surface area (Å²) < 4.78 is 18.9. The Bertz CT molecular complexity index is 589. The first-order valence-corrected chi connectivity index (χ1v) is 5.05. The number of aryl methyl sites for hydroxylation is 1. The summed E-state index contributed by atoms with van der Waals surface area (Å²) in [5.41, 5.74) is 0.486. The van der Waals surface area contributed by atoms with Gasteiger partial charge in [0.05, 0.1) is 12.5 Å². The van der Waals surface area contributed by atoms with Crippen LogP contribution in [-0.4, -0.2) is 12.1 Å². The lowest BCUT2D eigenvalue weighted by Gasteiger charge is -2.08. The second kappa shape index (κ2) is 3.96. The third kappa shape index (κ3) is 1.46. The number of fused-ring (bicyclic) bond motifs is 1. The zero-order chi connectivity index (χ0) is 11.7. The summed E-state index contributed by atoms with van der Waals surface area (Å²) in [6.07, 6.45) is 2.20. The number of H-pyrrole nitrogens is 1. The largest absolute Gasteiger partial charge is 0.494 e. The van der Waals surface area contributed by atoms with E-state index in [0.717, 1.165) is 5.56 Å². The minimum atomic E-state index is -0.469. The lowest BCUT2D eigenvalue weighted by Crippen LogP contribution is -2.08. The number of hydrogen-bond donors (Lipinski definition) is 1. The SMILES string of the molecule is CCc1c[nH]c(=O)c2ccc(OC)c(F)c12. The van der Waals surface area contributed by atoms with Gasteiger partial charge in [-0.1, -0.05) is 6.92 Å². The molecule has 3 nitrogen and oxygen atoms in total. The Morgan fingerprint density at radius 3 is 2.81 bits per heavy atom. The van der Waals surface area contributed by atoms with Crippen LogP contribution in [0.15, 0.2) is 23.1 Å². The molecule has 0 atom stereocenters. The Balaban J connectivity index is 2.94. The summed E-state index contributed by atoms with van der Waals surface area (Å²) in [5, 5.41) is 0.711. The first-order chi connectivity index (χ1) is 7.69. The summed E-state index contributed by atoms with van der Waals surface area (Å²) in [4.78, 5) is 14.1. The van der Waals surface area contributed by atoms with Gasteiger partial charge in [0.25, 0.3) is 5.56 Å². The molecule has 0 bridgehead atoms. The quantitative estimate of drug-likeness (QED) is 0.845. The van der Waals surface area contributed by atoms with Crippen LogP contribution in [0.25, 0.3) is 10.8 Å². The number of benzene rings is 1. The van der Waals surface area contributed by atoms with Gasteiger partial charge in [-0.3, -0.25) is 4.79 Å². The van der Waals surface area contributed by atoms with Crippen molar-refractivity contribution in [2.45, 2.75) is 13.3 Å². The number of methoxy groups -OCH3 is 1. The van der Waals surface area contributed by atoms with Gasteiger partial charge < -0.3 is 9.72 Å². The number of aromatic nitrogens is 1. The number of halogens is 1. The molecule has 0 spiro atoms. The monoisotopic (exact) mass is 221 g/mol. The Labute approximate surface area is 91.9 Å². The molecule has 2 rings (SSSR count). The van der Waals surface area contributed by atoms with Crippen molar-refractivity contribution in [1.29, 1.82) is 0 Å². The van der Waals surface area contributed by atoms with E-state index in [0.29, 0.717) is 17.2 Å². The number of nitrogens with one attached hydrogen (secondary N) is 1. The average Bonchev–Trinajstić information content (AvgIpc) is 2.31. The normalized spacial score (nSPS) is 10.7. The summed E-state index contributed by atoms with van der Waals surface area (Å²) in [6, 6.07) is 3.04. The fourth-order valence-electron chi connectivity index (χ4n) is 1.80. The summed E-state index contributed by atoms with van der Waals surface area (Å²) in [6.45, 7) is 1.91. The molecule has 0 unspecified atom stereocenters. The highest BCUT2D eigenvalue weighted by atomic mass is 19.1. The van der Waals surface area contributed by atoms with Crippen molar-refractivity contribution >= 4 is 10.8 Å². The lowest BCUT2D eigenvalue weighted by molar-refractivity contribution is 0.389. The van der Waals surface area contributed by atoms with Crippen LogP contribution in [0, 0.1) is 5.82 Å². The van der Waals surface area contributed by atoms with Crippen LogP contribution < -0.4 is 10.3 Å². The predicted molar refractivity (Wildman–Crippen MR) is 60.5 cm³/mol. The standard InChI is InChI=1S/C12H12FNO2/c1-3-7-6-14-12(15)8-4-5-9(16-2)11(13)10(7)8/h4-6H,3H2,1-2H3,(H,14,15). The Morgan fingerprint density at radius 1 is 1.44 bits per heavy atom. The average molecular weight is 221 g/mol. The Hall–Kier alpha value is -1.84. The first kappa shape index (κ1) is 10.7. The number of aromatic amines is 1. The molecular formula is C12H12FNO2. The van der Waals surface area contributed by atoms with Gasteiger partial charge in [0.15, 0.2) is 11.6 Å². The summed E-state index contributed by atoms with van der Waals surface area (Å²) in [5.74, 6) is -0.309. The molecular weight excluding hydrogens is 209 g/mol. The summed E-state index contributed by atoms with van der Waals surface area (Å²) in [7, 11) is 1.41. The van der Waals surface area contributed by atoms with Gasteiger partial charge in [-0.2, -0.15) is 0 Å². The topological polar surface area (TPSA) is 42.1 Å². The molecule has 1 N–H and O–H groups in total. The maximum atomic E-state index is 14.0. The highest BCUT2D eigenvalue weighted by molar-refractivity contribution is 5.86. The van der Waals surface area contributed by atoms with E-state index in [1.54, 1.807) is 12.3 Å². The molecule has 0 radical (unpaired) electrons. The van der Waals surface area contributed by atoms with Crippen LogP contribution in [0.5, 0.6) is 5.75 Å². The molecule has 0 aliphatic heterocycles. The second-order valence-electron chi connectivity index (χ2n) is 3.50. The molecule has 1 aromatic carbocycles. The van der Waals surface area contributed by atoms with E-state index in [1.165, 1.54) is 13.2 Å². The van der Waals surface area contributed by atoms with Crippen LogP contribution in [0.4, 0.5) is 4.39 Å². The Kier molecular flexibility index (Phi) is 2.64. The fourth-order valence-corrected chi connectivity index (χ4v) is 1.80. The van der Waals surface area contributed by atoms with E-state index >= 15 is 0 Å². The van der Waals surface area contributed by atoms with Crippen molar-refractivity contribution in [2.75, 3.05) is 7.11 Å². The molecule has 16 heavy (non-hydrogen) atoms. The van der Waals surface area contributed by atoms with Crippen molar-refractivity contribution in [3.63, 3.8) is 0 Å². The van der Waals surface area contributed by atoms with E-state index in [4.69, 9.17) is 4.74 Å². The molecule has 84 valence electrons. The molecule has 4 heteroatoms. The lowest BCUT2D eigenvalue weighted by atomic mass is 10.0. The smallest absolute Gasteiger partial charge is 0.255 e. The molecule has 0 aliphatic rings. The van der Waals surface area contributed by atoms with Crippen LogP contribution >= 0.6 is 0 Å². The van der Waals surface area contributed by atoms with E-state index in [9.17, 15) is 9.18 Å². The van der Waals surface area contributed by atoms with Gasteiger partial charge in [0, 0.05) is 11.6 Å². The van der Waals surface area contributed by atoms with Crippen LogP contribution in [0.1, 0.15) is 12.5 Å². The van der Waals surface area contributed by atoms with Crippen molar-refractivity contribution in [2.24, 2.45) is 0 Å². The summed E-state index contributed by atoms with van der Waals surface area (Å²) >= 11 is 0. The Morgan fingerprint density at radius 2 is 2.19 bits per heavy atom. The zero-order valence-corrected chi connectivity index (χ0v) is 9.13. The van der Waals surface area contributed by atoms with Gasteiger partial charge in [0.2, 0.25) is 0 Å². The highest BCUT2D eigenvalue weighted by Crippen LogP contribution is 2.26. The first-order valence-electron chi connectivity index (χ1n) is 5.05. The molecule has 0 fully saturated rings. The van der Waals surface area contributed by atoms with E-state index in [2.05, 4.69) is 4.98 Å². The number of hydrogen-bond acceptors (Lipinski definition) is 2. The van der Waals surface area contributed by atoms with Gasteiger partial charge in [-0.25, -0.2) is 4.39 Å². The molecule has 0 saturated heterocycles.